The zero-order valence-electron chi connectivity index (χ0n) is 12.7. The number of aliphatic hydroxyl groups excluding tert-OH is 2. The number of aryl methyl sites for hydroxylation is 1. The summed E-state index contributed by atoms with van der Waals surface area (Å²) in [6, 6.07) is 6.02. The fourth-order valence-corrected chi connectivity index (χ4v) is 3.75. The minimum Gasteiger partial charge on any atom is -0.489 e. The Hall–Kier alpha value is -1.59. The van der Waals surface area contributed by atoms with Gasteiger partial charge in [0.2, 0.25) is 0 Å². The predicted molar refractivity (Wildman–Crippen MR) is 79.8 cm³/mol. The molecule has 0 radical (unpaired) electrons. The average Bonchev–Trinajstić information content (AvgIpc) is 3.02. The van der Waals surface area contributed by atoms with E-state index in [0.717, 1.165) is 23.3 Å². The van der Waals surface area contributed by atoms with Gasteiger partial charge in [0, 0.05) is 36.8 Å². The van der Waals surface area contributed by atoms with Gasteiger partial charge in [-0.2, -0.15) is 0 Å². The second-order valence-corrected chi connectivity index (χ2v) is 6.10. The number of benzene rings is 1. The molecule has 120 valence electrons. The summed E-state index contributed by atoms with van der Waals surface area (Å²) < 4.78 is 10.7. The molecule has 4 atom stereocenters. The Balaban J connectivity index is 1.76. The molecule has 0 spiro atoms. The van der Waals surface area contributed by atoms with Gasteiger partial charge in [0.25, 0.3) is 0 Å². The standard InChI is InChI=1S/C17H22O5/c1-21-15(20)7-3-5-10-4-2-6-11-16-12(9-18)13(19)8-14(16)22-17(10)11/h2,4,6,12-14,16,18-19H,3,5,7-9H2,1H3/t12?,13?,14-,16+/m1/s1. The maximum absolute atomic E-state index is 11.2. The van der Waals surface area contributed by atoms with Crippen LogP contribution in [0.3, 0.4) is 0 Å². The van der Waals surface area contributed by atoms with Crippen LogP contribution < -0.4 is 4.74 Å². The molecule has 2 aliphatic rings. The highest BCUT2D eigenvalue weighted by Gasteiger charge is 2.49. The molecule has 0 saturated heterocycles. The van der Waals surface area contributed by atoms with E-state index in [1.54, 1.807) is 0 Å². The Labute approximate surface area is 129 Å². The molecule has 3 rings (SSSR count). The normalized spacial score (nSPS) is 28.9. The lowest BCUT2D eigenvalue weighted by atomic mass is 9.87. The van der Waals surface area contributed by atoms with E-state index < -0.39 is 6.10 Å². The maximum atomic E-state index is 11.2. The van der Waals surface area contributed by atoms with Gasteiger partial charge >= 0.3 is 5.97 Å². The van der Waals surface area contributed by atoms with Crippen molar-refractivity contribution in [2.24, 2.45) is 5.92 Å². The Kier molecular flexibility index (Phi) is 4.36. The Morgan fingerprint density at radius 1 is 1.45 bits per heavy atom. The molecule has 1 fully saturated rings. The molecule has 1 aromatic rings. The quantitative estimate of drug-likeness (QED) is 0.804. The highest BCUT2D eigenvalue weighted by atomic mass is 16.5. The molecule has 5 heteroatoms. The summed E-state index contributed by atoms with van der Waals surface area (Å²) in [6.07, 6.45) is 1.87. The predicted octanol–water partition coefficient (Wildman–Crippen LogP) is 1.40. The van der Waals surface area contributed by atoms with Crippen molar-refractivity contribution in [1.29, 1.82) is 0 Å². The Bertz CT molecular complexity index is 556. The first-order chi connectivity index (χ1) is 10.7. The maximum Gasteiger partial charge on any atom is 0.305 e. The van der Waals surface area contributed by atoms with Gasteiger partial charge in [-0.1, -0.05) is 18.2 Å². The largest absolute Gasteiger partial charge is 0.489 e. The Morgan fingerprint density at radius 3 is 3.00 bits per heavy atom. The molecule has 0 aromatic heterocycles. The van der Waals surface area contributed by atoms with Crippen LogP contribution in [-0.2, 0) is 16.0 Å². The summed E-state index contributed by atoms with van der Waals surface area (Å²) in [7, 11) is 1.40. The number of carbonyl (C=O) groups excluding carboxylic acids is 1. The molecular formula is C17H22O5. The van der Waals surface area contributed by atoms with Crippen LogP contribution in [0.15, 0.2) is 18.2 Å². The summed E-state index contributed by atoms with van der Waals surface area (Å²) in [6.45, 7) is -0.0301. The number of carbonyl (C=O) groups is 1. The van der Waals surface area contributed by atoms with Crippen LogP contribution in [0.5, 0.6) is 5.75 Å². The molecule has 5 nitrogen and oxygen atoms in total. The molecule has 1 heterocycles. The van der Waals surface area contributed by atoms with Crippen LogP contribution in [-0.4, -0.2) is 42.1 Å². The van der Waals surface area contributed by atoms with Crippen molar-refractivity contribution in [3.05, 3.63) is 29.3 Å². The lowest BCUT2D eigenvalue weighted by molar-refractivity contribution is -0.140. The van der Waals surface area contributed by atoms with Gasteiger partial charge in [-0.05, 0) is 18.4 Å². The van der Waals surface area contributed by atoms with E-state index >= 15 is 0 Å². The van der Waals surface area contributed by atoms with Gasteiger partial charge in [-0.3, -0.25) is 4.79 Å². The lowest BCUT2D eigenvalue weighted by Gasteiger charge is -2.18. The third-order valence-corrected chi connectivity index (χ3v) is 4.85. The van der Waals surface area contributed by atoms with Crippen LogP contribution >= 0.6 is 0 Å². The fraction of sp³-hybridized carbons (Fsp3) is 0.588. The average molecular weight is 306 g/mol. The smallest absolute Gasteiger partial charge is 0.305 e. The SMILES string of the molecule is COC(=O)CCCc1cccc2c1O[C@@H]1CC(O)C(CO)[C@H]21. The molecule has 1 aliphatic heterocycles. The van der Waals surface area contributed by atoms with Crippen molar-refractivity contribution in [1.82, 2.24) is 0 Å². The molecule has 2 N–H and O–H groups in total. The summed E-state index contributed by atoms with van der Waals surface area (Å²) in [5, 5.41) is 19.6. The molecule has 0 amide bonds. The van der Waals surface area contributed by atoms with Gasteiger partial charge in [-0.25, -0.2) is 0 Å². The minimum absolute atomic E-state index is 0.0301. The highest BCUT2D eigenvalue weighted by molar-refractivity contribution is 5.69. The van der Waals surface area contributed by atoms with Crippen molar-refractivity contribution in [2.75, 3.05) is 13.7 Å². The number of esters is 1. The number of para-hydroxylation sites is 1. The molecule has 22 heavy (non-hydrogen) atoms. The van der Waals surface area contributed by atoms with Gasteiger partial charge in [0.1, 0.15) is 11.9 Å². The summed E-state index contributed by atoms with van der Waals surface area (Å²) in [4.78, 5) is 11.2. The number of fused-ring (bicyclic) bond motifs is 3. The molecule has 0 bridgehead atoms. The second kappa shape index (κ2) is 6.26. The first kappa shape index (κ1) is 15.3. The lowest BCUT2D eigenvalue weighted by Crippen LogP contribution is -2.22. The van der Waals surface area contributed by atoms with E-state index in [2.05, 4.69) is 4.74 Å². The fourth-order valence-electron chi connectivity index (χ4n) is 3.75. The molecule has 1 saturated carbocycles. The second-order valence-electron chi connectivity index (χ2n) is 6.10. The van der Waals surface area contributed by atoms with E-state index in [4.69, 9.17) is 4.74 Å². The molecule has 1 aromatic carbocycles. The summed E-state index contributed by atoms with van der Waals surface area (Å²) in [5.74, 6) is 0.591. The topological polar surface area (TPSA) is 76.0 Å². The highest BCUT2D eigenvalue weighted by Crippen LogP contribution is 2.51. The van der Waals surface area contributed by atoms with Gasteiger partial charge in [0.05, 0.1) is 13.2 Å². The summed E-state index contributed by atoms with van der Waals surface area (Å²) >= 11 is 0. The number of hydrogen-bond acceptors (Lipinski definition) is 5. The van der Waals surface area contributed by atoms with E-state index in [1.165, 1.54) is 7.11 Å². The van der Waals surface area contributed by atoms with Crippen molar-refractivity contribution in [2.45, 2.75) is 43.8 Å². The number of methoxy groups -OCH3 is 1. The van der Waals surface area contributed by atoms with Crippen LogP contribution in [0.25, 0.3) is 0 Å². The number of aliphatic hydroxyl groups is 2. The first-order valence-electron chi connectivity index (χ1n) is 7.80. The van der Waals surface area contributed by atoms with Crippen LogP contribution in [0.2, 0.25) is 0 Å². The van der Waals surface area contributed by atoms with Crippen molar-refractivity contribution < 1.29 is 24.5 Å². The third-order valence-electron chi connectivity index (χ3n) is 4.85. The van der Waals surface area contributed by atoms with Crippen LogP contribution in [0.1, 0.15) is 36.3 Å². The number of ether oxygens (including phenoxy) is 2. The van der Waals surface area contributed by atoms with Crippen molar-refractivity contribution in [3.8, 4) is 5.75 Å². The van der Waals surface area contributed by atoms with Crippen molar-refractivity contribution >= 4 is 5.97 Å². The number of rotatable bonds is 5. The third kappa shape index (κ3) is 2.59. The van der Waals surface area contributed by atoms with Gasteiger partial charge < -0.3 is 19.7 Å². The zero-order valence-corrected chi connectivity index (χ0v) is 12.7. The summed E-state index contributed by atoms with van der Waals surface area (Å²) in [5.41, 5.74) is 2.16. The molecule has 2 unspecified atom stereocenters. The van der Waals surface area contributed by atoms with Gasteiger partial charge in [0.15, 0.2) is 0 Å². The Morgan fingerprint density at radius 2 is 2.27 bits per heavy atom. The van der Waals surface area contributed by atoms with E-state index in [-0.39, 0.29) is 30.5 Å². The zero-order chi connectivity index (χ0) is 15.7. The number of hydrogen-bond donors (Lipinski definition) is 2. The van der Waals surface area contributed by atoms with Gasteiger partial charge in [-0.15, -0.1) is 0 Å². The minimum atomic E-state index is -0.504. The van der Waals surface area contributed by atoms with Crippen LogP contribution in [0.4, 0.5) is 0 Å². The van der Waals surface area contributed by atoms with Crippen molar-refractivity contribution in [3.63, 3.8) is 0 Å². The van der Waals surface area contributed by atoms with E-state index in [1.807, 2.05) is 18.2 Å². The molecular weight excluding hydrogens is 284 g/mol. The first-order valence-corrected chi connectivity index (χ1v) is 7.80. The monoisotopic (exact) mass is 306 g/mol. The molecule has 1 aliphatic carbocycles. The van der Waals surface area contributed by atoms with Crippen LogP contribution in [0, 0.1) is 5.92 Å². The van der Waals surface area contributed by atoms with E-state index in [9.17, 15) is 15.0 Å². The van der Waals surface area contributed by atoms with E-state index in [0.29, 0.717) is 19.3 Å².